The number of hydrogen-bond acceptors (Lipinski definition) is 0. The van der Waals surface area contributed by atoms with Gasteiger partial charge in [-0.15, -0.1) is 46.2 Å². The molecule has 0 radical (unpaired) electrons. The molecule has 0 bridgehead atoms. The third-order valence-electron chi connectivity index (χ3n) is 6.00. The van der Waals surface area contributed by atoms with Crippen molar-refractivity contribution in [1.29, 1.82) is 0 Å². The van der Waals surface area contributed by atoms with Gasteiger partial charge in [-0.2, -0.15) is 11.6 Å². The van der Waals surface area contributed by atoms with Crippen molar-refractivity contribution in [2.24, 2.45) is 5.41 Å². The molecule has 4 aromatic rings. The fourth-order valence-corrected chi connectivity index (χ4v) is 4.30. The third-order valence-corrected chi connectivity index (χ3v) is 6.71. The molecule has 190 valence electrons. The van der Waals surface area contributed by atoms with E-state index in [1.165, 1.54) is 60.1 Å². The molecule has 0 amide bonds. The monoisotopic (exact) mass is 602 g/mol. The minimum Gasteiger partial charge on any atom is -1.00 e. The van der Waals surface area contributed by atoms with E-state index in [1.54, 1.807) is 0 Å². The molecule has 0 spiro atoms. The Morgan fingerprint density at radius 1 is 0.865 bits per heavy atom. The Balaban J connectivity index is 0.000000295. The molecule has 0 unspecified atom stereocenters. The Hall–Kier alpha value is -2.18. The van der Waals surface area contributed by atoms with Gasteiger partial charge in [0.1, 0.15) is 0 Å². The predicted octanol–water partition coefficient (Wildman–Crippen LogP) is 3.50. The molecule has 0 atom stereocenters. The standard InChI is InChI=1S/C17H13.C9H13.C8H8.2ClH.Zr/c1-3-12-5-7-14-11-15-8-6-13(4-2)10-17(15)16(14)9-12;1-9(2,3)8-6-4-5-7-8;1-2-8-6-4-3-5-7-8;;;/h3-11H,1-2H2;6-7H,4H2,1-3H3;3-7H,1H3;2*1H;/q2*-1;;;;+2/p-2. The smallest absolute Gasteiger partial charge is 1.00 e. The molecular weight excluding hydrogens is 571 g/mol. The van der Waals surface area contributed by atoms with Crippen LogP contribution in [0.3, 0.4) is 0 Å². The molecule has 5 rings (SSSR count). The molecule has 4 aromatic carbocycles. The fourth-order valence-electron chi connectivity index (χ4n) is 3.90. The van der Waals surface area contributed by atoms with Gasteiger partial charge in [0.05, 0.1) is 0 Å². The number of benzene rings is 3. The summed E-state index contributed by atoms with van der Waals surface area (Å²) in [5.41, 5.74) is 5.44. The topological polar surface area (TPSA) is 0 Å². The summed E-state index contributed by atoms with van der Waals surface area (Å²) < 4.78 is 1.46. The maximum Gasteiger partial charge on any atom is -1.00 e. The van der Waals surface area contributed by atoms with Gasteiger partial charge >= 0.3 is 70.3 Å². The molecule has 3 heteroatoms. The van der Waals surface area contributed by atoms with Crippen molar-refractivity contribution in [2.45, 2.75) is 34.1 Å². The molecule has 0 aliphatic heterocycles. The van der Waals surface area contributed by atoms with Crippen molar-refractivity contribution in [3.63, 3.8) is 0 Å². The summed E-state index contributed by atoms with van der Waals surface area (Å²) in [4.78, 5) is 0. The second-order valence-corrected chi connectivity index (χ2v) is 11.5. The van der Waals surface area contributed by atoms with Gasteiger partial charge in [0.15, 0.2) is 0 Å². The molecule has 1 aliphatic carbocycles. The predicted molar refractivity (Wildman–Crippen MR) is 153 cm³/mol. The summed E-state index contributed by atoms with van der Waals surface area (Å²) >= 11 is 1.51. The number of rotatable bonds is 3. The van der Waals surface area contributed by atoms with Crippen molar-refractivity contribution < 1.29 is 49.0 Å². The van der Waals surface area contributed by atoms with Crippen LogP contribution in [0.1, 0.15) is 50.8 Å². The van der Waals surface area contributed by atoms with Gasteiger partial charge in [-0.3, -0.25) is 6.08 Å². The largest absolute Gasteiger partial charge is 1.00 e. The van der Waals surface area contributed by atoms with Crippen LogP contribution >= 0.6 is 0 Å². The van der Waals surface area contributed by atoms with Crippen LogP contribution in [-0.4, -0.2) is 3.21 Å². The Morgan fingerprint density at radius 2 is 1.38 bits per heavy atom. The number of allylic oxidation sites excluding steroid dienone is 4. The van der Waals surface area contributed by atoms with Crippen LogP contribution in [0.5, 0.6) is 0 Å². The van der Waals surface area contributed by atoms with Gasteiger partial charge in [0.25, 0.3) is 0 Å². The van der Waals surface area contributed by atoms with E-state index in [9.17, 15) is 0 Å². The summed E-state index contributed by atoms with van der Waals surface area (Å²) in [5.74, 6) is 0. The Bertz CT molecular complexity index is 1330. The van der Waals surface area contributed by atoms with Gasteiger partial charge in [0.2, 0.25) is 0 Å². The van der Waals surface area contributed by atoms with Crippen LogP contribution < -0.4 is 24.8 Å². The normalized spacial score (nSPS) is 11.7. The van der Waals surface area contributed by atoms with Gasteiger partial charge in [-0.25, -0.2) is 6.08 Å². The van der Waals surface area contributed by atoms with Crippen molar-refractivity contribution in [1.82, 2.24) is 0 Å². The minimum absolute atomic E-state index is 0. The second kappa shape index (κ2) is 15.3. The van der Waals surface area contributed by atoms with Crippen molar-refractivity contribution >= 4 is 36.9 Å². The van der Waals surface area contributed by atoms with Gasteiger partial charge in [0, 0.05) is 0 Å². The first-order chi connectivity index (χ1) is 16.7. The summed E-state index contributed by atoms with van der Waals surface area (Å²) in [5, 5.41) is 5.15. The molecule has 0 aromatic heterocycles. The van der Waals surface area contributed by atoms with E-state index in [2.05, 4.69) is 126 Å². The van der Waals surface area contributed by atoms with Crippen LogP contribution in [-0.2, 0) is 24.2 Å². The zero-order valence-electron chi connectivity index (χ0n) is 22.1. The Labute approximate surface area is 250 Å². The Kier molecular flexibility index (Phi) is 13.6. The van der Waals surface area contributed by atoms with Crippen LogP contribution in [0, 0.1) is 11.5 Å². The molecule has 0 saturated carbocycles. The van der Waals surface area contributed by atoms with Gasteiger partial charge in [-0.05, 0) is 11.1 Å². The number of fused-ring (bicyclic) bond motifs is 3. The van der Waals surface area contributed by atoms with Crippen molar-refractivity contribution in [3.8, 4) is 0 Å². The molecule has 0 saturated heterocycles. The average Bonchev–Trinajstić information content (AvgIpc) is 3.53. The van der Waals surface area contributed by atoms with E-state index in [-0.39, 0.29) is 24.8 Å². The van der Waals surface area contributed by atoms with Crippen molar-refractivity contribution in [3.05, 3.63) is 126 Å². The third kappa shape index (κ3) is 9.26. The summed E-state index contributed by atoms with van der Waals surface area (Å²) in [7, 11) is 0. The van der Waals surface area contributed by atoms with Gasteiger partial charge in [-0.1, -0.05) is 75.8 Å². The van der Waals surface area contributed by atoms with Crippen LogP contribution in [0.25, 0.3) is 33.7 Å². The van der Waals surface area contributed by atoms with Crippen LogP contribution in [0.2, 0.25) is 0 Å². The second-order valence-electron chi connectivity index (χ2n) is 9.70. The summed E-state index contributed by atoms with van der Waals surface area (Å²) in [6, 6.07) is 25.6. The number of halogens is 2. The molecule has 37 heavy (non-hydrogen) atoms. The molecule has 0 fully saturated rings. The quantitative estimate of drug-likeness (QED) is 0.314. The van der Waals surface area contributed by atoms with Crippen molar-refractivity contribution in [2.75, 3.05) is 0 Å². The fraction of sp³-hybridized carbons (Fsp3) is 0.176. The van der Waals surface area contributed by atoms with E-state index >= 15 is 0 Å². The molecular formula is C34H34Cl2Zr-2. The average molecular weight is 605 g/mol. The summed E-state index contributed by atoms with van der Waals surface area (Å²) in [6.07, 6.45) is 12.3. The minimum atomic E-state index is 0. The maximum absolute atomic E-state index is 3.82. The van der Waals surface area contributed by atoms with Gasteiger partial charge < -0.3 is 24.8 Å². The van der Waals surface area contributed by atoms with Crippen LogP contribution in [0.4, 0.5) is 0 Å². The first-order valence-electron chi connectivity index (χ1n) is 12.0. The molecule has 0 N–H and O–H groups in total. The van der Waals surface area contributed by atoms with E-state index < -0.39 is 0 Å². The van der Waals surface area contributed by atoms with E-state index in [0.29, 0.717) is 5.41 Å². The van der Waals surface area contributed by atoms with E-state index in [1.807, 2.05) is 18.2 Å². The molecule has 0 heterocycles. The molecule has 1 aliphatic rings. The Morgan fingerprint density at radius 3 is 1.70 bits per heavy atom. The SMILES string of the molecule is C=Cc1ccc2[cH-]c3ccc(C=C)cc3c2c1.CC(C)(C)C1=CC[C-]=C1.C[C](=[Zr+2])c1ccccc1.[Cl-].[Cl-]. The zero-order chi connectivity index (χ0) is 25.4. The van der Waals surface area contributed by atoms with E-state index in [4.69, 9.17) is 0 Å². The van der Waals surface area contributed by atoms with E-state index in [0.717, 1.165) is 17.5 Å². The maximum atomic E-state index is 3.82. The zero-order valence-corrected chi connectivity index (χ0v) is 26.1. The number of hydrogen-bond donors (Lipinski definition) is 0. The molecule has 0 nitrogen and oxygen atoms in total. The summed E-state index contributed by atoms with van der Waals surface area (Å²) in [6.45, 7) is 16.5. The first kappa shape index (κ1) is 32.9. The van der Waals surface area contributed by atoms with Crippen LogP contribution in [0.15, 0.2) is 104 Å². The first-order valence-corrected chi connectivity index (χ1v) is 13.2.